The van der Waals surface area contributed by atoms with Crippen molar-refractivity contribution in [2.45, 2.75) is 10.4 Å². The topological polar surface area (TPSA) is 34.9 Å². The molecule has 4 rings (SSSR count). The molecule has 0 aliphatic carbocycles. The molecule has 0 saturated carbocycles. The molecule has 0 amide bonds. The van der Waals surface area contributed by atoms with Gasteiger partial charge in [-0.2, -0.15) is 0 Å². The van der Waals surface area contributed by atoms with Crippen LogP contribution >= 0.6 is 11.8 Å². The van der Waals surface area contributed by atoms with E-state index in [1.54, 1.807) is 49.5 Å². The molecule has 0 N–H and O–H groups in total. The number of benzene rings is 3. The highest BCUT2D eigenvalue weighted by Crippen LogP contribution is 2.39. The van der Waals surface area contributed by atoms with Crippen LogP contribution in [0.3, 0.4) is 0 Å². The van der Waals surface area contributed by atoms with Crippen LogP contribution < -0.4 is 5.56 Å². The summed E-state index contributed by atoms with van der Waals surface area (Å²) >= 11 is 1.37. The lowest BCUT2D eigenvalue weighted by molar-refractivity contribution is 0.626. The van der Waals surface area contributed by atoms with Gasteiger partial charge in [0.1, 0.15) is 11.6 Å². The number of hydrogen-bond donors (Lipinski definition) is 0. The molecule has 0 spiro atoms. The Kier molecular flexibility index (Phi) is 4.96. The van der Waals surface area contributed by atoms with E-state index in [1.165, 1.54) is 40.6 Å². The number of thioether (sulfide) groups is 1. The van der Waals surface area contributed by atoms with E-state index in [0.717, 1.165) is 11.1 Å². The fourth-order valence-corrected chi connectivity index (χ4v) is 4.20. The van der Waals surface area contributed by atoms with E-state index in [9.17, 15) is 13.6 Å². The van der Waals surface area contributed by atoms with Gasteiger partial charge < -0.3 is 0 Å². The molecule has 3 nitrogen and oxygen atoms in total. The number of aromatic nitrogens is 2. The molecular weight excluding hydrogens is 378 g/mol. The molecule has 1 aromatic heterocycles. The van der Waals surface area contributed by atoms with Gasteiger partial charge in [0, 0.05) is 7.05 Å². The van der Waals surface area contributed by atoms with E-state index in [2.05, 4.69) is 4.98 Å². The normalized spacial score (nSPS) is 11.3. The molecule has 140 valence electrons. The minimum Gasteiger partial charge on any atom is -0.290 e. The fourth-order valence-electron chi connectivity index (χ4n) is 3.01. The zero-order valence-electron chi connectivity index (χ0n) is 15.0. The summed E-state index contributed by atoms with van der Waals surface area (Å²) in [6.07, 6.45) is 0. The van der Waals surface area contributed by atoms with E-state index in [0.29, 0.717) is 16.1 Å². The van der Waals surface area contributed by atoms with Gasteiger partial charge in [-0.3, -0.25) is 9.36 Å². The van der Waals surface area contributed by atoms with Crippen LogP contribution in [0.4, 0.5) is 8.78 Å². The van der Waals surface area contributed by atoms with Crippen molar-refractivity contribution in [3.8, 4) is 0 Å². The molecular formula is C22H16F2N2OS. The predicted octanol–water partition coefficient (Wildman–Crippen LogP) is 5.09. The van der Waals surface area contributed by atoms with Crippen molar-refractivity contribution < 1.29 is 8.78 Å². The molecule has 0 atom stereocenters. The number of halogens is 2. The highest BCUT2D eigenvalue weighted by Gasteiger charge is 2.20. The number of nitrogens with zero attached hydrogens (tertiary/aromatic N) is 2. The summed E-state index contributed by atoms with van der Waals surface area (Å²) in [7, 11) is 1.68. The third-order valence-corrected chi connectivity index (χ3v) is 5.87. The van der Waals surface area contributed by atoms with E-state index < -0.39 is 0 Å². The van der Waals surface area contributed by atoms with Crippen LogP contribution in [-0.2, 0) is 7.05 Å². The maximum Gasteiger partial charge on any atom is 0.261 e. The average Bonchev–Trinajstić information content (AvgIpc) is 2.71. The first-order chi connectivity index (χ1) is 13.5. The first-order valence-electron chi connectivity index (χ1n) is 8.66. The van der Waals surface area contributed by atoms with Gasteiger partial charge in [-0.1, -0.05) is 48.2 Å². The molecule has 0 unspecified atom stereocenters. The smallest absolute Gasteiger partial charge is 0.261 e. The number of rotatable bonds is 4. The van der Waals surface area contributed by atoms with Crippen molar-refractivity contribution in [2.75, 3.05) is 0 Å². The summed E-state index contributed by atoms with van der Waals surface area (Å²) in [5.74, 6) is -0.661. The Bertz CT molecular complexity index is 1140. The largest absolute Gasteiger partial charge is 0.290 e. The summed E-state index contributed by atoms with van der Waals surface area (Å²) in [6, 6.07) is 19.5. The Morgan fingerprint density at radius 1 is 0.857 bits per heavy atom. The van der Waals surface area contributed by atoms with E-state index in [4.69, 9.17) is 0 Å². The molecule has 0 saturated heterocycles. The monoisotopic (exact) mass is 394 g/mol. The van der Waals surface area contributed by atoms with Crippen molar-refractivity contribution in [1.29, 1.82) is 0 Å². The third kappa shape index (κ3) is 3.55. The Balaban J connectivity index is 1.83. The van der Waals surface area contributed by atoms with Crippen LogP contribution in [-0.4, -0.2) is 9.55 Å². The predicted molar refractivity (Wildman–Crippen MR) is 107 cm³/mol. The van der Waals surface area contributed by atoms with E-state index >= 15 is 0 Å². The highest BCUT2D eigenvalue weighted by atomic mass is 32.2. The van der Waals surface area contributed by atoms with Crippen molar-refractivity contribution in [2.24, 2.45) is 7.05 Å². The van der Waals surface area contributed by atoms with Crippen molar-refractivity contribution >= 4 is 22.7 Å². The second-order valence-corrected chi connectivity index (χ2v) is 7.45. The number of para-hydroxylation sites is 1. The zero-order chi connectivity index (χ0) is 19.7. The van der Waals surface area contributed by atoms with Crippen molar-refractivity contribution in [3.05, 3.63) is 106 Å². The van der Waals surface area contributed by atoms with Gasteiger partial charge in [0.15, 0.2) is 5.16 Å². The SMILES string of the molecule is Cn1c(SC(c2ccc(F)cc2)c2ccc(F)cc2)nc2ccccc2c1=O. The van der Waals surface area contributed by atoms with Gasteiger partial charge in [-0.25, -0.2) is 13.8 Å². The lowest BCUT2D eigenvalue weighted by atomic mass is 10.0. The van der Waals surface area contributed by atoms with E-state index in [1.807, 2.05) is 6.07 Å². The Labute approximate surface area is 164 Å². The molecule has 0 bridgehead atoms. The van der Waals surface area contributed by atoms with Gasteiger partial charge in [0.2, 0.25) is 0 Å². The molecule has 28 heavy (non-hydrogen) atoms. The molecule has 0 aliphatic heterocycles. The lowest BCUT2D eigenvalue weighted by Gasteiger charge is -2.19. The minimum absolute atomic E-state index is 0.134. The maximum absolute atomic E-state index is 13.4. The van der Waals surface area contributed by atoms with E-state index in [-0.39, 0.29) is 22.4 Å². The summed E-state index contributed by atoms with van der Waals surface area (Å²) in [5.41, 5.74) is 2.15. The molecule has 4 aromatic rings. The molecule has 3 aromatic carbocycles. The Morgan fingerprint density at radius 3 is 1.96 bits per heavy atom. The van der Waals surface area contributed by atoms with Crippen molar-refractivity contribution in [1.82, 2.24) is 9.55 Å². The van der Waals surface area contributed by atoms with Crippen LogP contribution in [0.15, 0.2) is 82.7 Å². The highest BCUT2D eigenvalue weighted by molar-refractivity contribution is 7.99. The molecule has 1 heterocycles. The summed E-state index contributed by atoms with van der Waals surface area (Å²) in [6.45, 7) is 0. The number of hydrogen-bond acceptors (Lipinski definition) is 3. The van der Waals surface area contributed by atoms with Crippen LogP contribution in [0.1, 0.15) is 16.4 Å². The van der Waals surface area contributed by atoms with Gasteiger partial charge in [-0.15, -0.1) is 0 Å². The molecule has 6 heteroatoms. The van der Waals surface area contributed by atoms with Gasteiger partial charge >= 0.3 is 0 Å². The Hall–Kier alpha value is -2.99. The van der Waals surface area contributed by atoms with Crippen LogP contribution in [0.2, 0.25) is 0 Å². The number of fused-ring (bicyclic) bond motifs is 1. The quantitative estimate of drug-likeness (QED) is 0.357. The summed E-state index contributed by atoms with van der Waals surface area (Å²) in [5, 5.41) is 0.803. The fraction of sp³-hybridized carbons (Fsp3) is 0.0909. The zero-order valence-corrected chi connectivity index (χ0v) is 15.8. The second kappa shape index (κ2) is 7.56. The van der Waals surface area contributed by atoms with Crippen LogP contribution in [0.25, 0.3) is 10.9 Å². The van der Waals surface area contributed by atoms with Gasteiger partial charge in [-0.05, 0) is 47.5 Å². The standard InChI is InChI=1S/C22H16F2N2OS/c1-26-21(27)18-4-2-3-5-19(18)25-22(26)28-20(14-6-10-16(23)11-7-14)15-8-12-17(24)13-9-15/h2-13,20H,1H3. The molecule has 0 aliphatic rings. The third-order valence-electron chi connectivity index (χ3n) is 4.51. The first-order valence-corrected chi connectivity index (χ1v) is 9.54. The first kappa shape index (κ1) is 18.4. The molecule has 0 radical (unpaired) electrons. The second-order valence-electron chi connectivity index (χ2n) is 6.38. The summed E-state index contributed by atoms with van der Waals surface area (Å²) in [4.78, 5) is 17.3. The van der Waals surface area contributed by atoms with Crippen LogP contribution in [0, 0.1) is 11.6 Å². The summed E-state index contributed by atoms with van der Waals surface area (Å²) < 4.78 is 28.3. The lowest BCUT2D eigenvalue weighted by Crippen LogP contribution is -2.20. The minimum atomic E-state index is -0.331. The van der Waals surface area contributed by atoms with Crippen LogP contribution in [0.5, 0.6) is 0 Å². The molecule has 0 fully saturated rings. The Morgan fingerprint density at radius 2 is 1.39 bits per heavy atom. The van der Waals surface area contributed by atoms with Gasteiger partial charge in [0.05, 0.1) is 16.2 Å². The van der Waals surface area contributed by atoms with Crippen molar-refractivity contribution in [3.63, 3.8) is 0 Å². The van der Waals surface area contributed by atoms with Gasteiger partial charge in [0.25, 0.3) is 5.56 Å². The average molecular weight is 394 g/mol. The maximum atomic E-state index is 13.4.